The summed E-state index contributed by atoms with van der Waals surface area (Å²) in [7, 11) is 0. The SMILES string of the molecule is CCCNC1CCc2c(C3CC3)cccc21. The molecule has 2 aliphatic carbocycles. The molecule has 1 aromatic carbocycles. The monoisotopic (exact) mass is 215 g/mol. The van der Waals surface area contributed by atoms with Crippen LogP contribution < -0.4 is 5.32 Å². The molecule has 0 aromatic heterocycles. The van der Waals surface area contributed by atoms with Gasteiger partial charge < -0.3 is 5.32 Å². The van der Waals surface area contributed by atoms with E-state index in [4.69, 9.17) is 0 Å². The van der Waals surface area contributed by atoms with Gasteiger partial charge >= 0.3 is 0 Å². The van der Waals surface area contributed by atoms with Crippen molar-refractivity contribution in [2.24, 2.45) is 0 Å². The van der Waals surface area contributed by atoms with Crippen LogP contribution in [0.1, 0.15) is 61.3 Å². The molecule has 3 rings (SSSR count). The van der Waals surface area contributed by atoms with Gasteiger partial charge in [-0.25, -0.2) is 0 Å². The van der Waals surface area contributed by atoms with E-state index in [2.05, 4.69) is 30.4 Å². The zero-order chi connectivity index (χ0) is 11.0. The zero-order valence-corrected chi connectivity index (χ0v) is 10.1. The van der Waals surface area contributed by atoms with Crippen LogP contribution >= 0.6 is 0 Å². The molecule has 0 amide bonds. The first-order chi connectivity index (χ1) is 7.90. The van der Waals surface area contributed by atoms with E-state index in [-0.39, 0.29) is 0 Å². The molecule has 1 fully saturated rings. The Bertz CT molecular complexity index is 379. The average Bonchev–Trinajstić information content (AvgIpc) is 3.07. The highest BCUT2D eigenvalue weighted by atomic mass is 14.9. The highest BCUT2D eigenvalue weighted by Crippen LogP contribution is 2.45. The van der Waals surface area contributed by atoms with Crippen LogP contribution in [-0.2, 0) is 6.42 Å². The van der Waals surface area contributed by atoms with Gasteiger partial charge in [0.15, 0.2) is 0 Å². The summed E-state index contributed by atoms with van der Waals surface area (Å²) in [5.41, 5.74) is 4.94. The van der Waals surface area contributed by atoms with Crippen molar-refractivity contribution >= 4 is 0 Å². The van der Waals surface area contributed by atoms with E-state index in [9.17, 15) is 0 Å². The van der Waals surface area contributed by atoms with Crippen LogP contribution in [0, 0.1) is 0 Å². The van der Waals surface area contributed by atoms with E-state index in [1.165, 1.54) is 32.1 Å². The number of hydrogen-bond donors (Lipinski definition) is 1. The fourth-order valence-electron chi connectivity index (χ4n) is 2.99. The Morgan fingerprint density at radius 2 is 2.00 bits per heavy atom. The van der Waals surface area contributed by atoms with Crippen LogP contribution in [0.2, 0.25) is 0 Å². The van der Waals surface area contributed by atoms with Crippen molar-refractivity contribution in [3.8, 4) is 0 Å². The molecule has 0 spiro atoms. The highest BCUT2D eigenvalue weighted by Gasteiger charge is 2.30. The summed E-state index contributed by atoms with van der Waals surface area (Å²) in [6.45, 7) is 3.39. The number of hydrogen-bond acceptors (Lipinski definition) is 1. The van der Waals surface area contributed by atoms with Crippen molar-refractivity contribution in [1.29, 1.82) is 0 Å². The van der Waals surface area contributed by atoms with Gasteiger partial charge in [-0.2, -0.15) is 0 Å². The first kappa shape index (κ1) is 10.3. The average molecular weight is 215 g/mol. The lowest BCUT2D eigenvalue weighted by atomic mass is 9.99. The van der Waals surface area contributed by atoms with Crippen molar-refractivity contribution in [3.63, 3.8) is 0 Å². The molecule has 0 bridgehead atoms. The van der Waals surface area contributed by atoms with E-state index in [0.717, 1.165) is 12.5 Å². The van der Waals surface area contributed by atoms with E-state index < -0.39 is 0 Å². The predicted octanol–water partition coefficient (Wildman–Crippen LogP) is 3.55. The molecule has 0 heterocycles. The topological polar surface area (TPSA) is 12.0 Å². The molecular formula is C15H21N. The fourth-order valence-corrected chi connectivity index (χ4v) is 2.99. The van der Waals surface area contributed by atoms with Gasteiger partial charge in [-0.15, -0.1) is 0 Å². The maximum absolute atomic E-state index is 3.67. The molecule has 0 aliphatic heterocycles. The molecule has 1 unspecified atom stereocenters. The molecule has 86 valence electrons. The summed E-state index contributed by atoms with van der Waals surface area (Å²) in [6.07, 6.45) is 6.67. The van der Waals surface area contributed by atoms with Gasteiger partial charge in [0.2, 0.25) is 0 Å². The Kier molecular flexibility index (Phi) is 2.72. The summed E-state index contributed by atoms with van der Waals surface area (Å²) in [5.74, 6) is 0.903. The zero-order valence-electron chi connectivity index (χ0n) is 10.1. The Hall–Kier alpha value is -0.820. The molecule has 1 N–H and O–H groups in total. The third-order valence-electron chi connectivity index (χ3n) is 3.96. The first-order valence-corrected chi connectivity index (χ1v) is 6.75. The van der Waals surface area contributed by atoms with Crippen LogP contribution in [0.15, 0.2) is 18.2 Å². The van der Waals surface area contributed by atoms with Gasteiger partial charge in [-0.3, -0.25) is 0 Å². The third kappa shape index (κ3) is 1.78. The first-order valence-electron chi connectivity index (χ1n) is 6.75. The molecule has 2 aliphatic rings. The second-order valence-corrected chi connectivity index (χ2v) is 5.23. The summed E-state index contributed by atoms with van der Waals surface area (Å²) in [5, 5.41) is 3.67. The molecule has 0 radical (unpaired) electrons. The molecule has 16 heavy (non-hydrogen) atoms. The van der Waals surface area contributed by atoms with E-state index >= 15 is 0 Å². The quantitative estimate of drug-likeness (QED) is 0.810. The van der Waals surface area contributed by atoms with E-state index in [1.54, 1.807) is 16.7 Å². The van der Waals surface area contributed by atoms with Gasteiger partial charge in [0.1, 0.15) is 0 Å². The van der Waals surface area contributed by atoms with Crippen molar-refractivity contribution in [3.05, 3.63) is 34.9 Å². The molecule has 1 aromatic rings. The highest BCUT2D eigenvalue weighted by molar-refractivity contribution is 5.44. The van der Waals surface area contributed by atoms with Crippen LogP contribution in [0.4, 0.5) is 0 Å². The smallest absolute Gasteiger partial charge is 0.0326 e. The number of nitrogens with one attached hydrogen (secondary N) is 1. The van der Waals surface area contributed by atoms with Crippen molar-refractivity contribution < 1.29 is 0 Å². The van der Waals surface area contributed by atoms with Crippen molar-refractivity contribution in [1.82, 2.24) is 5.32 Å². The van der Waals surface area contributed by atoms with Crippen LogP contribution in [0.3, 0.4) is 0 Å². The van der Waals surface area contributed by atoms with Crippen LogP contribution in [-0.4, -0.2) is 6.54 Å². The van der Waals surface area contributed by atoms with Crippen molar-refractivity contribution in [2.75, 3.05) is 6.54 Å². The number of benzene rings is 1. The predicted molar refractivity (Wildman–Crippen MR) is 67.8 cm³/mol. The summed E-state index contributed by atoms with van der Waals surface area (Å²) in [6, 6.07) is 7.59. The Labute approximate surface area is 98.3 Å². The van der Waals surface area contributed by atoms with Gasteiger partial charge in [-0.1, -0.05) is 25.1 Å². The lowest BCUT2D eigenvalue weighted by molar-refractivity contribution is 0.529. The number of rotatable bonds is 4. The summed E-state index contributed by atoms with van der Waals surface area (Å²) >= 11 is 0. The van der Waals surface area contributed by atoms with Crippen LogP contribution in [0.25, 0.3) is 0 Å². The lowest BCUT2D eigenvalue weighted by Gasteiger charge is -2.14. The minimum Gasteiger partial charge on any atom is -0.310 e. The minimum atomic E-state index is 0.633. The van der Waals surface area contributed by atoms with Gasteiger partial charge in [-0.05, 0) is 61.3 Å². The maximum atomic E-state index is 3.67. The Morgan fingerprint density at radius 1 is 1.19 bits per heavy atom. The van der Waals surface area contributed by atoms with E-state index in [1.807, 2.05) is 0 Å². The second-order valence-electron chi connectivity index (χ2n) is 5.23. The molecule has 1 atom stereocenters. The largest absolute Gasteiger partial charge is 0.310 e. The van der Waals surface area contributed by atoms with Crippen molar-refractivity contribution in [2.45, 2.75) is 51.0 Å². The van der Waals surface area contributed by atoms with E-state index in [0.29, 0.717) is 6.04 Å². The lowest BCUT2D eigenvalue weighted by Crippen LogP contribution is -2.19. The maximum Gasteiger partial charge on any atom is 0.0326 e. The third-order valence-corrected chi connectivity index (χ3v) is 3.96. The second kappa shape index (κ2) is 4.21. The summed E-state index contributed by atoms with van der Waals surface area (Å²) in [4.78, 5) is 0. The molecule has 1 heteroatoms. The molecule has 0 saturated heterocycles. The Morgan fingerprint density at radius 3 is 2.75 bits per heavy atom. The number of fused-ring (bicyclic) bond motifs is 1. The molecular weight excluding hydrogens is 194 g/mol. The van der Waals surface area contributed by atoms with Gasteiger partial charge in [0, 0.05) is 6.04 Å². The standard InChI is InChI=1S/C15H21N/c1-2-10-16-15-9-8-13-12(11-6-7-11)4-3-5-14(13)15/h3-5,11,15-16H,2,6-10H2,1H3. The molecule has 1 saturated carbocycles. The van der Waals surface area contributed by atoms with Gasteiger partial charge in [0.25, 0.3) is 0 Å². The fraction of sp³-hybridized carbons (Fsp3) is 0.600. The Balaban J connectivity index is 1.85. The molecule has 1 nitrogen and oxygen atoms in total. The summed E-state index contributed by atoms with van der Waals surface area (Å²) < 4.78 is 0. The normalized spacial score (nSPS) is 23.4. The minimum absolute atomic E-state index is 0.633. The van der Waals surface area contributed by atoms with Crippen LogP contribution in [0.5, 0.6) is 0 Å². The van der Waals surface area contributed by atoms with Gasteiger partial charge in [0.05, 0.1) is 0 Å².